The first-order valence-corrected chi connectivity index (χ1v) is 6.43. The van der Waals surface area contributed by atoms with Crippen molar-refractivity contribution in [2.24, 2.45) is 0 Å². The van der Waals surface area contributed by atoms with Crippen molar-refractivity contribution >= 4 is 39.1 Å². The van der Waals surface area contributed by atoms with Crippen LogP contribution in [0.2, 0.25) is 5.02 Å². The Bertz CT molecular complexity index is 601. The van der Waals surface area contributed by atoms with E-state index in [2.05, 4.69) is 26.2 Å². The average molecular weight is 326 g/mol. The molecule has 0 bridgehead atoms. The Hall–Kier alpha value is -1.39. The number of aryl methyl sites for hydroxylation is 1. The van der Waals surface area contributed by atoms with E-state index in [0.717, 1.165) is 0 Å². The molecule has 0 saturated heterocycles. The van der Waals surface area contributed by atoms with Crippen LogP contribution in [0.25, 0.3) is 0 Å². The van der Waals surface area contributed by atoms with Crippen LogP contribution in [0.4, 0.5) is 5.69 Å². The Kier molecular flexibility index (Phi) is 3.99. The maximum absolute atomic E-state index is 12.1. The summed E-state index contributed by atoms with van der Waals surface area (Å²) in [5, 5.41) is 3.35. The van der Waals surface area contributed by atoms with Crippen molar-refractivity contribution in [2.75, 3.05) is 5.32 Å². The number of anilines is 1. The first kappa shape index (κ1) is 13.1. The molecule has 3 nitrogen and oxygen atoms in total. The van der Waals surface area contributed by atoms with Crippen molar-refractivity contribution in [3.8, 4) is 0 Å². The average Bonchev–Trinajstić information content (AvgIpc) is 2.35. The fourth-order valence-corrected chi connectivity index (χ4v) is 2.05. The molecule has 0 aliphatic heterocycles. The van der Waals surface area contributed by atoms with Crippen LogP contribution in [0.15, 0.2) is 41.0 Å². The molecule has 0 unspecified atom stereocenters. The predicted octanol–water partition coefficient (Wildman–Crippen LogP) is 4.06. The molecule has 18 heavy (non-hydrogen) atoms. The fourth-order valence-electron chi connectivity index (χ4n) is 1.51. The van der Waals surface area contributed by atoms with Gasteiger partial charge in [0, 0.05) is 11.9 Å². The largest absolute Gasteiger partial charge is 0.321 e. The van der Waals surface area contributed by atoms with E-state index in [4.69, 9.17) is 11.6 Å². The lowest BCUT2D eigenvalue weighted by molar-refractivity contribution is 0.102. The third kappa shape index (κ3) is 2.71. The Morgan fingerprint density at radius 3 is 2.83 bits per heavy atom. The monoisotopic (exact) mass is 324 g/mol. The maximum atomic E-state index is 12.1. The van der Waals surface area contributed by atoms with Gasteiger partial charge in [-0.2, -0.15) is 0 Å². The minimum absolute atomic E-state index is 0.205. The molecule has 0 spiro atoms. The molecule has 1 N–H and O–H groups in total. The van der Waals surface area contributed by atoms with E-state index in [1.807, 2.05) is 0 Å². The normalized spacial score (nSPS) is 10.2. The van der Waals surface area contributed by atoms with Gasteiger partial charge in [-0.3, -0.25) is 9.78 Å². The summed E-state index contributed by atoms with van der Waals surface area (Å²) in [6, 6.07) is 8.76. The molecule has 1 aromatic heterocycles. The van der Waals surface area contributed by atoms with Gasteiger partial charge in [-0.05, 0) is 47.1 Å². The predicted molar refractivity (Wildman–Crippen MR) is 76.1 cm³/mol. The first-order chi connectivity index (χ1) is 8.59. The highest BCUT2D eigenvalue weighted by atomic mass is 79.9. The summed E-state index contributed by atoms with van der Waals surface area (Å²) in [6.45, 7) is 1.79. The molecule has 5 heteroatoms. The summed E-state index contributed by atoms with van der Waals surface area (Å²) >= 11 is 9.30. The number of rotatable bonds is 2. The topological polar surface area (TPSA) is 42.0 Å². The zero-order valence-electron chi connectivity index (χ0n) is 9.58. The van der Waals surface area contributed by atoms with Crippen LogP contribution in [0, 0.1) is 6.92 Å². The molecule has 92 valence electrons. The van der Waals surface area contributed by atoms with Crippen LogP contribution >= 0.6 is 27.5 Å². The fraction of sp³-hybridized carbons (Fsp3) is 0.0769. The second kappa shape index (κ2) is 5.50. The summed E-state index contributed by atoms with van der Waals surface area (Å²) in [5.74, 6) is -0.205. The van der Waals surface area contributed by atoms with Gasteiger partial charge in [0.15, 0.2) is 0 Å². The Morgan fingerprint density at radius 1 is 1.33 bits per heavy atom. The van der Waals surface area contributed by atoms with E-state index in [9.17, 15) is 4.79 Å². The molecule has 0 atom stereocenters. The van der Waals surface area contributed by atoms with Gasteiger partial charge in [0.05, 0.1) is 20.7 Å². The van der Waals surface area contributed by atoms with E-state index >= 15 is 0 Å². The lowest BCUT2D eigenvalue weighted by Crippen LogP contribution is -2.14. The summed E-state index contributed by atoms with van der Waals surface area (Å²) in [5.41, 5.74) is 1.87. The van der Waals surface area contributed by atoms with Gasteiger partial charge in [-0.15, -0.1) is 0 Å². The van der Waals surface area contributed by atoms with Gasteiger partial charge < -0.3 is 5.32 Å². The highest BCUT2D eigenvalue weighted by Gasteiger charge is 2.12. The smallest absolute Gasteiger partial charge is 0.257 e. The van der Waals surface area contributed by atoms with Crippen molar-refractivity contribution in [2.45, 2.75) is 6.92 Å². The molecule has 0 aliphatic carbocycles. The zero-order valence-corrected chi connectivity index (χ0v) is 11.9. The molecule has 1 aromatic carbocycles. The minimum Gasteiger partial charge on any atom is -0.321 e. The first-order valence-electron chi connectivity index (χ1n) is 5.26. The molecular weight excluding hydrogens is 316 g/mol. The molecule has 0 radical (unpaired) electrons. The van der Waals surface area contributed by atoms with Gasteiger partial charge in [0.25, 0.3) is 5.91 Å². The molecule has 0 fully saturated rings. The molecular formula is C13H10BrClN2O. The van der Waals surface area contributed by atoms with E-state index in [-0.39, 0.29) is 5.91 Å². The van der Waals surface area contributed by atoms with Gasteiger partial charge >= 0.3 is 0 Å². The summed E-state index contributed by atoms with van der Waals surface area (Å²) in [4.78, 5) is 16.2. The van der Waals surface area contributed by atoms with Crippen LogP contribution in [0.3, 0.4) is 0 Å². The number of nitrogens with one attached hydrogen (secondary N) is 1. The summed E-state index contributed by atoms with van der Waals surface area (Å²) < 4.78 is 0.668. The lowest BCUT2D eigenvalue weighted by Gasteiger charge is -2.09. The third-order valence-corrected chi connectivity index (χ3v) is 3.85. The lowest BCUT2D eigenvalue weighted by atomic mass is 10.2. The van der Waals surface area contributed by atoms with Crippen LogP contribution in [-0.4, -0.2) is 10.9 Å². The number of halogens is 2. The molecule has 2 aromatic rings. The van der Waals surface area contributed by atoms with E-state index < -0.39 is 0 Å². The van der Waals surface area contributed by atoms with Crippen molar-refractivity contribution in [1.82, 2.24) is 4.98 Å². The van der Waals surface area contributed by atoms with Crippen LogP contribution < -0.4 is 5.32 Å². The minimum atomic E-state index is -0.205. The van der Waals surface area contributed by atoms with Crippen LogP contribution in [0.5, 0.6) is 0 Å². The number of benzene rings is 1. The Morgan fingerprint density at radius 2 is 2.11 bits per heavy atom. The highest BCUT2D eigenvalue weighted by molar-refractivity contribution is 9.10. The van der Waals surface area contributed by atoms with Gasteiger partial charge in [0.1, 0.15) is 0 Å². The molecule has 0 saturated carbocycles. The van der Waals surface area contributed by atoms with E-state index in [0.29, 0.717) is 26.4 Å². The number of hydrogen-bond acceptors (Lipinski definition) is 2. The second-order valence-corrected chi connectivity index (χ2v) is 4.89. The molecule has 2 rings (SSSR count). The Balaban J connectivity index is 2.27. The van der Waals surface area contributed by atoms with Gasteiger partial charge in [-0.1, -0.05) is 17.7 Å². The number of pyridine rings is 1. The number of carbonyl (C=O) groups excluding carboxylic acids is 1. The van der Waals surface area contributed by atoms with E-state index in [1.165, 1.54) is 0 Å². The number of carbonyl (C=O) groups is 1. The standard InChI is InChI=1S/C13H10BrClN2O/c1-8-9(4-3-7-16-8)13(18)17-11-6-2-5-10(15)12(11)14/h2-7H,1H3,(H,17,18). The van der Waals surface area contributed by atoms with Gasteiger partial charge in [0.2, 0.25) is 0 Å². The quantitative estimate of drug-likeness (QED) is 0.905. The van der Waals surface area contributed by atoms with E-state index in [1.54, 1.807) is 43.5 Å². The molecule has 1 heterocycles. The number of amides is 1. The number of nitrogens with zero attached hydrogens (tertiary/aromatic N) is 1. The van der Waals surface area contributed by atoms with Crippen molar-refractivity contribution < 1.29 is 4.79 Å². The summed E-state index contributed by atoms with van der Waals surface area (Å²) in [7, 11) is 0. The van der Waals surface area contributed by atoms with Crippen molar-refractivity contribution in [3.05, 3.63) is 57.3 Å². The van der Waals surface area contributed by atoms with Gasteiger partial charge in [-0.25, -0.2) is 0 Å². The molecule has 0 aliphatic rings. The second-order valence-electron chi connectivity index (χ2n) is 3.69. The molecule has 1 amide bonds. The van der Waals surface area contributed by atoms with Crippen LogP contribution in [-0.2, 0) is 0 Å². The SMILES string of the molecule is Cc1ncccc1C(=O)Nc1cccc(Cl)c1Br. The number of hydrogen-bond donors (Lipinski definition) is 1. The zero-order chi connectivity index (χ0) is 13.1. The summed E-state index contributed by atoms with van der Waals surface area (Å²) in [6.07, 6.45) is 1.65. The maximum Gasteiger partial charge on any atom is 0.257 e. The third-order valence-electron chi connectivity index (χ3n) is 2.45. The van der Waals surface area contributed by atoms with Crippen molar-refractivity contribution in [3.63, 3.8) is 0 Å². The highest BCUT2D eigenvalue weighted by Crippen LogP contribution is 2.30. The Labute approximate surface area is 118 Å². The number of aromatic nitrogens is 1. The van der Waals surface area contributed by atoms with Crippen molar-refractivity contribution in [1.29, 1.82) is 0 Å². The van der Waals surface area contributed by atoms with Crippen LogP contribution in [0.1, 0.15) is 16.1 Å².